The first-order valence-corrected chi connectivity index (χ1v) is 5.05. The summed E-state index contributed by atoms with van der Waals surface area (Å²) in [6.07, 6.45) is 4.31. The molecule has 0 aliphatic heterocycles. The number of rotatable bonds is 4. The second-order valence-electron chi connectivity index (χ2n) is 3.42. The van der Waals surface area contributed by atoms with Gasteiger partial charge >= 0.3 is 0 Å². The Balaban J connectivity index is 1.87. The molecule has 0 radical (unpaired) electrons. The first-order valence-electron chi connectivity index (χ1n) is 5.05. The van der Waals surface area contributed by atoms with Crippen molar-refractivity contribution >= 4 is 11.8 Å². The zero-order valence-electron chi connectivity index (χ0n) is 9.09. The van der Waals surface area contributed by atoms with Crippen LogP contribution in [0.4, 0.5) is 11.8 Å². The van der Waals surface area contributed by atoms with E-state index in [1.165, 1.54) is 5.69 Å². The van der Waals surface area contributed by atoms with E-state index in [0.717, 1.165) is 18.8 Å². The number of anilines is 2. The van der Waals surface area contributed by atoms with Gasteiger partial charge in [-0.2, -0.15) is 10.1 Å². The van der Waals surface area contributed by atoms with E-state index in [9.17, 15) is 0 Å². The van der Waals surface area contributed by atoms with E-state index in [2.05, 4.69) is 20.4 Å². The molecule has 2 aromatic rings. The third kappa shape index (κ3) is 2.47. The van der Waals surface area contributed by atoms with Crippen LogP contribution in [0.25, 0.3) is 0 Å². The fourth-order valence-electron chi connectivity index (χ4n) is 1.44. The molecule has 0 saturated carbocycles. The van der Waals surface area contributed by atoms with E-state index in [4.69, 9.17) is 5.73 Å². The van der Waals surface area contributed by atoms with Crippen molar-refractivity contribution in [2.75, 3.05) is 17.6 Å². The van der Waals surface area contributed by atoms with Gasteiger partial charge in [-0.1, -0.05) is 0 Å². The van der Waals surface area contributed by atoms with Gasteiger partial charge in [0.1, 0.15) is 5.82 Å². The van der Waals surface area contributed by atoms with Crippen molar-refractivity contribution < 1.29 is 0 Å². The van der Waals surface area contributed by atoms with Gasteiger partial charge in [-0.25, -0.2) is 4.98 Å². The summed E-state index contributed by atoms with van der Waals surface area (Å²) in [7, 11) is 1.93. The molecule has 16 heavy (non-hydrogen) atoms. The third-order valence-electron chi connectivity index (χ3n) is 2.28. The molecule has 0 bridgehead atoms. The highest BCUT2D eigenvalue weighted by atomic mass is 15.3. The number of nitrogen functional groups attached to an aromatic ring is 1. The van der Waals surface area contributed by atoms with Gasteiger partial charge in [0.15, 0.2) is 0 Å². The molecule has 6 nitrogen and oxygen atoms in total. The number of nitrogens with zero attached hydrogens (tertiary/aromatic N) is 4. The van der Waals surface area contributed by atoms with E-state index in [1.807, 2.05) is 17.8 Å². The molecule has 2 aromatic heterocycles. The van der Waals surface area contributed by atoms with Crippen LogP contribution in [0.5, 0.6) is 0 Å². The molecule has 3 N–H and O–H groups in total. The van der Waals surface area contributed by atoms with Gasteiger partial charge in [-0.3, -0.25) is 4.68 Å². The molecular formula is C10H14N6. The summed E-state index contributed by atoms with van der Waals surface area (Å²) in [6.45, 7) is 0.788. The summed E-state index contributed by atoms with van der Waals surface area (Å²) < 4.78 is 1.86. The van der Waals surface area contributed by atoms with Gasteiger partial charge < -0.3 is 11.1 Å². The Bertz CT molecular complexity index is 464. The normalized spacial score (nSPS) is 10.3. The molecule has 0 amide bonds. The van der Waals surface area contributed by atoms with Crippen LogP contribution in [0.2, 0.25) is 0 Å². The average Bonchev–Trinajstić information content (AvgIpc) is 2.65. The lowest BCUT2D eigenvalue weighted by atomic mass is 10.3. The fourth-order valence-corrected chi connectivity index (χ4v) is 1.44. The third-order valence-corrected chi connectivity index (χ3v) is 2.28. The molecule has 0 unspecified atom stereocenters. The number of nitrogens with one attached hydrogen (secondary N) is 1. The van der Waals surface area contributed by atoms with E-state index in [1.54, 1.807) is 18.5 Å². The summed E-state index contributed by atoms with van der Waals surface area (Å²) in [6, 6.07) is 3.79. The highest BCUT2D eigenvalue weighted by Crippen LogP contribution is 2.03. The molecule has 2 rings (SSSR count). The number of nitrogens with two attached hydrogens (primary N) is 1. The Kier molecular flexibility index (Phi) is 3.00. The van der Waals surface area contributed by atoms with Crippen LogP contribution in [0.15, 0.2) is 24.5 Å². The van der Waals surface area contributed by atoms with Crippen molar-refractivity contribution in [2.45, 2.75) is 6.42 Å². The van der Waals surface area contributed by atoms with E-state index in [0.29, 0.717) is 0 Å². The minimum atomic E-state index is 0.283. The minimum absolute atomic E-state index is 0.283. The van der Waals surface area contributed by atoms with Crippen molar-refractivity contribution in [1.82, 2.24) is 19.7 Å². The maximum absolute atomic E-state index is 5.47. The molecule has 6 heteroatoms. The Labute approximate surface area is 93.5 Å². The van der Waals surface area contributed by atoms with Crippen molar-refractivity contribution in [1.29, 1.82) is 0 Å². The largest absolute Gasteiger partial charge is 0.370 e. The average molecular weight is 218 g/mol. The smallest absolute Gasteiger partial charge is 0.221 e. The van der Waals surface area contributed by atoms with Crippen molar-refractivity contribution in [3.63, 3.8) is 0 Å². The lowest BCUT2D eigenvalue weighted by molar-refractivity contribution is 0.711. The standard InChI is InChI=1S/C10H14N6/c1-16-8(3-7-14-16)2-5-12-9-4-6-13-10(11)15-9/h3-4,6-7H,2,5H2,1H3,(H3,11,12,13,15). The first kappa shape index (κ1) is 10.4. The van der Waals surface area contributed by atoms with Crippen molar-refractivity contribution in [2.24, 2.45) is 7.05 Å². The van der Waals surface area contributed by atoms with Crippen molar-refractivity contribution in [3.8, 4) is 0 Å². The highest BCUT2D eigenvalue weighted by molar-refractivity contribution is 5.37. The van der Waals surface area contributed by atoms with Gasteiger partial charge in [0.05, 0.1) is 0 Å². The maximum atomic E-state index is 5.47. The number of aromatic nitrogens is 4. The summed E-state index contributed by atoms with van der Waals surface area (Å²) in [4.78, 5) is 7.87. The number of aryl methyl sites for hydroxylation is 1. The quantitative estimate of drug-likeness (QED) is 0.778. The van der Waals surface area contributed by atoms with Gasteiger partial charge in [0.2, 0.25) is 5.95 Å². The van der Waals surface area contributed by atoms with E-state index in [-0.39, 0.29) is 5.95 Å². The molecule has 0 saturated heterocycles. The maximum Gasteiger partial charge on any atom is 0.221 e. The molecule has 84 valence electrons. The minimum Gasteiger partial charge on any atom is -0.370 e. The first-order chi connectivity index (χ1) is 7.75. The highest BCUT2D eigenvalue weighted by Gasteiger charge is 1.99. The molecule has 0 spiro atoms. The van der Waals surface area contributed by atoms with Crippen LogP contribution >= 0.6 is 0 Å². The van der Waals surface area contributed by atoms with Crippen LogP contribution in [0, 0.1) is 0 Å². The van der Waals surface area contributed by atoms with Gasteiger partial charge in [0.25, 0.3) is 0 Å². The molecule has 0 aromatic carbocycles. The van der Waals surface area contributed by atoms with Crippen LogP contribution in [0.1, 0.15) is 5.69 Å². The SMILES string of the molecule is Cn1nccc1CCNc1ccnc(N)n1. The summed E-state index contributed by atoms with van der Waals surface area (Å²) in [5, 5.41) is 7.28. The van der Waals surface area contributed by atoms with E-state index >= 15 is 0 Å². The Morgan fingerprint density at radius 2 is 2.25 bits per heavy atom. The zero-order chi connectivity index (χ0) is 11.4. The molecular weight excluding hydrogens is 204 g/mol. The summed E-state index contributed by atoms with van der Waals surface area (Å²) >= 11 is 0. The summed E-state index contributed by atoms with van der Waals surface area (Å²) in [5.41, 5.74) is 6.65. The van der Waals surface area contributed by atoms with Gasteiger partial charge in [-0.15, -0.1) is 0 Å². The summed E-state index contributed by atoms with van der Waals surface area (Å²) in [5.74, 6) is 1.03. The second kappa shape index (κ2) is 4.61. The monoisotopic (exact) mass is 218 g/mol. The lowest BCUT2D eigenvalue weighted by Crippen LogP contribution is -2.10. The van der Waals surface area contributed by atoms with Gasteiger partial charge in [0, 0.05) is 38.1 Å². The molecule has 0 aliphatic carbocycles. The molecule has 0 fully saturated rings. The molecule has 0 aliphatic rings. The van der Waals surface area contributed by atoms with Crippen LogP contribution in [-0.4, -0.2) is 26.3 Å². The molecule has 2 heterocycles. The van der Waals surface area contributed by atoms with E-state index < -0.39 is 0 Å². The zero-order valence-corrected chi connectivity index (χ0v) is 9.09. The topological polar surface area (TPSA) is 81.7 Å². The predicted octanol–water partition coefficient (Wildman–Crippen LogP) is 0.447. The van der Waals surface area contributed by atoms with Crippen LogP contribution < -0.4 is 11.1 Å². The Morgan fingerprint density at radius 1 is 1.38 bits per heavy atom. The molecule has 0 atom stereocenters. The lowest BCUT2D eigenvalue weighted by Gasteiger charge is -2.05. The Hall–Kier alpha value is -2.11. The second-order valence-corrected chi connectivity index (χ2v) is 3.42. The predicted molar refractivity (Wildman–Crippen MR) is 61.8 cm³/mol. The van der Waals surface area contributed by atoms with Gasteiger partial charge in [-0.05, 0) is 12.1 Å². The van der Waals surface area contributed by atoms with Crippen LogP contribution in [-0.2, 0) is 13.5 Å². The fraction of sp³-hybridized carbons (Fsp3) is 0.300. The Morgan fingerprint density at radius 3 is 2.94 bits per heavy atom. The number of hydrogen-bond donors (Lipinski definition) is 2. The number of hydrogen-bond acceptors (Lipinski definition) is 5. The van der Waals surface area contributed by atoms with Crippen molar-refractivity contribution in [3.05, 3.63) is 30.2 Å². The van der Waals surface area contributed by atoms with Crippen LogP contribution in [0.3, 0.4) is 0 Å².